The fraction of sp³-hybridized carbons (Fsp3) is 0.300. The molecule has 1 atom stereocenters. The summed E-state index contributed by atoms with van der Waals surface area (Å²) in [7, 11) is 0. The number of hydrogen-bond acceptors (Lipinski definition) is 4. The minimum atomic E-state index is -4.62. The van der Waals surface area contributed by atoms with E-state index in [9.17, 15) is 23.3 Å². The highest BCUT2D eigenvalue weighted by molar-refractivity contribution is 8.23. The minimum absolute atomic E-state index is 0.175. The number of fused-ring (bicyclic) bond motifs is 1. The number of hydrogen-bond donors (Lipinski definition) is 1. The molecule has 4 nitrogen and oxygen atoms in total. The van der Waals surface area contributed by atoms with Gasteiger partial charge in [-0.2, -0.15) is 13.2 Å². The Morgan fingerprint density at radius 1 is 1.47 bits per heavy atom. The molecule has 0 fully saturated rings. The summed E-state index contributed by atoms with van der Waals surface area (Å²) in [4.78, 5) is 10.3. The molecule has 1 heterocycles. The van der Waals surface area contributed by atoms with Crippen molar-refractivity contribution in [2.45, 2.75) is 24.0 Å². The maximum absolute atomic E-state index is 12.7. The summed E-state index contributed by atoms with van der Waals surface area (Å²) >= 11 is 5.82. The molecule has 0 saturated heterocycles. The van der Waals surface area contributed by atoms with Gasteiger partial charge in [-0.15, -0.1) is 0 Å². The standard InChI is InChI=1S/C10H7F3N2O2S2/c1-4-6-2-5(10(11,12)13)3-7(15(16)17)8(6)19-9(18)14-4/h2-4H,1H3,(H,14,18). The maximum atomic E-state index is 12.7. The van der Waals surface area contributed by atoms with E-state index in [1.165, 1.54) is 0 Å². The van der Waals surface area contributed by atoms with Gasteiger partial charge in [0.1, 0.15) is 4.32 Å². The van der Waals surface area contributed by atoms with Gasteiger partial charge in [-0.1, -0.05) is 24.0 Å². The van der Waals surface area contributed by atoms with Crippen LogP contribution in [0.3, 0.4) is 0 Å². The first-order valence-corrected chi connectivity index (χ1v) is 6.30. The third-order valence-electron chi connectivity index (χ3n) is 2.62. The van der Waals surface area contributed by atoms with Gasteiger partial charge in [0.15, 0.2) is 0 Å². The number of nitrogens with zero attached hydrogens (tertiary/aromatic N) is 1. The van der Waals surface area contributed by atoms with Crippen molar-refractivity contribution >= 4 is 34.0 Å². The summed E-state index contributed by atoms with van der Waals surface area (Å²) < 4.78 is 38.5. The monoisotopic (exact) mass is 308 g/mol. The van der Waals surface area contributed by atoms with Crippen LogP contribution >= 0.6 is 24.0 Å². The first-order chi connectivity index (χ1) is 8.70. The highest BCUT2D eigenvalue weighted by Gasteiger charge is 2.37. The Balaban J connectivity index is 2.69. The lowest BCUT2D eigenvalue weighted by Gasteiger charge is -2.25. The van der Waals surface area contributed by atoms with E-state index in [0.717, 1.165) is 17.8 Å². The zero-order valence-corrected chi connectivity index (χ0v) is 11.1. The van der Waals surface area contributed by atoms with Crippen LogP contribution < -0.4 is 5.32 Å². The van der Waals surface area contributed by atoms with Crippen LogP contribution in [0.25, 0.3) is 0 Å². The summed E-state index contributed by atoms with van der Waals surface area (Å²) in [5.41, 5.74) is -1.36. The van der Waals surface area contributed by atoms with Crippen LogP contribution in [-0.2, 0) is 6.18 Å². The smallest absolute Gasteiger partial charge is 0.364 e. The van der Waals surface area contributed by atoms with Gasteiger partial charge in [-0.25, -0.2) is 0 Å². The molecule has 0 aliphatic carbocycles. The zero-order valence-electron chi connectivity index (χ0n) is 9.45. The number of nitro groups is 1. The van der Waals surface area contributed by atoms with E-state index in [1.807, 2.05) is 0 Å². The lowest BCUT2D eigenvalue weighted by atomic mass is 10.0. The summed E-state index contributed by atoms with van der Waals surface area (Å²) in [6.07, 6.45) is -4.62. The van der Waals surface area contributed by atoms with Crippen molar-refractivity contribution in [3.05, 3.63) is 33.4 Å². The molecule has 0 bridgehead atoms. The largest absolute Gasteiger partial charge is 0.416 e. The van der Waals surface area contributed by atoms with Crippen LogP contribution in [0.5, 0.6) is 0 Å². The molecule has 0 spiro atoms. The molecule has 1 aromatic rings. The van der Waals surface area contributed by atoms with Crippen molar-refractivity contribution in [3.8, 4) is 0 Å². The second-order valence-electron chi connectivity index (χ2n) is 3.92. The number of alkyl halides is 3. The predicted octanol–water partition coefficient (Wildman–Crippen LogP) is 3.65. The molecule has 102 valence electrons. The van der Waals surface area contributed by atoms with Crippen molar-refractivity contribution in [1.82, 2.24) is 5.32 Å². The SMILES string of the molecule is CC1NC(=S)Sc2c1cc(C(F)(F)F)cc2[N+](=O)[O-]. The highest BCUT2D eigenvalue weighted by Crippen LogP contribution is 2.43. The van der Waals surface area contributed by atoms with Gasteiger partial charge in [0.2, 0.25) is 0 Å². The van der Waals surface area contributed by atoms with Crippen LogP contribution in [-0.4, -0.2) is 9.24 Å². The molecule has 1 aliphatic heterocycles. The van der Waals surface area contributed by atoms with Crippen molar-refractivity contribution in [2.75, 3.05) is 0 Å². The highest BCUT2D eigenvalue weighted by atomic mass is 32.2. The Morgan fingerprint density at radius 3 is 2.63 bits per heavy atom. The van der Waals surface area contributed by atoms with Crippen LogP contribution in [0.1, 0.15) is 24.1 Å². The lowest BCUT2D eigenvalue weighted by Crippen LogP contribution is -2.28. The Morgan fingerprint density at radius 2 is 2.11 bits per heavy atom. The Bertz CT molecular complexity index is 575. The maximum Gasteiger partial charge on any atom is 0.416 e. The zero-order chi connectivity index (χ0) is 14.4. The van der Waals surface area contributed by atoms with Crippen LogP contribution in [0.4, 0.5) is 18.9 Å². The molecular weight excluding hydrogens is 301 g/mol. The molecule has 0 amide bonds. The second kappa shape index (κ2) is 4.64. The topological polar surface area (TPSA) is 55.2 Å². The van der Waals surface area contributed by atoms with E-state index in [1.54, 1.807) is 6.92 Å². The Hall–Kier alpha value is -1.35. The molecule has 1 aromatic carbocycles. The van der Waals surface area contributed by atoms with Gasteiger partial charge in [0.25, 0.3) is 5.69 Å². The lowest BCUT2D eigenvalue weighted by molar-refractivity contribution is -0.388. The molecule has 0 aromatic heterocycles. The van der Waals surface area contributed by atoms with Crippen LogP contribution in [0.2, 0.25) is 0 Å². The first kappa shape index (κ1) is 14.1. The number of thioether (sulfide) groups is 1. The number of nitro benzene ring substituents is 1. The van der Waals surface area contributed by atoms with E-state index < -0.39 is 28.4 Å². The minimum Gasteiger partial charge on any atom is -0.364 e. The fourth-order valence-electron chi connectivity index (χ4n) is 1.74. The van der Waals surface area contributed by atoms with Crippen molar-refractivity contribution in [1.29, 1.82) is 0 Å². The van der Waals surface area contributed by atoms with Gasteiger partial charge < -0.3 is 5.32 Å². The Labute approximate surface area is 115 Å². The number of thiocarbonyl (C=S) groups is 1. The van der Waals surface area contributed by atoms with Gasteiger partial charge in [-0.3, -0.25) is 10.1 Å². The molecule has 1 aliphatic rings. The molecule has 19 heavy (non-hydrogen) atoms. The van der Waals surface area contributed by atoms with E-state index in [-0.39, 0.29) is 10.5 Å². The quantitative estimate of drug-likeness (QED) is 0.487. The third-order valence-corrected chi connectivity index (χ3v) is 3.94. The number of rotatable bonds is 1. The fourth-order valence-corrected chi connectivity index (χ4v) is 3.18. The van der Waals surface area contributed by atoms with E-state index >= 15 is 0 Å². The van der Waals surface area contributed by atoms with Gasteiger partial charge in [-0.05, 0) is 18.6 Å². The van der Waals surface area contributed by atoms with Crippen molar-refractivity contribution < 1.29 is 18.1 Å². The summed E-state index contributed by atoms with van der Waals surface area (Å²) in [5.74, 6) is 0. The molecule has 1 unspecified atom stereocenters. The first-order valence-electron chi connectivity index (χ1n) is 5.08. The molecule has 9 heteroatoms. The molecule has 0 radical (unpaired) electrons. The number of benzene rings is 1. The molecular formula is C10H7F3N2O2S2. The van der Waals surface area contributed by atoms with E-state index in [4.69, 9.17) is 12.2 Å². The van der Waals surface area contributed by atoms with Crippen molar-refractivity contribution in [3.63, 3.8) is 0 Å². The summed E-state index contributed by atoms with van der Waals surface area (Å²) in [6.45, 7) is 1.61. The molecule has 0 saturated carbocycles. The van der Waals surface area contributed by atoms with Gasteiger partial charge in [0.05, 0.1) is 21.4 Å². The normalized spacial score (nSPS) is 18.7. The number of halogens is 3. The van der Waals surface area contributed by atoms with E-state index in [0.29, 0.717) is 10.4 Å². The number of nitrogens with one attached hydrogen (secondary N) is 1. The van der Waals surface area contributed by atoms with Crippen LogP contribution in [0, 0.1) is 10.1 Å². The Kier molecular flexibility index (Phi) is 3.43. The second-order valence-corrected chi connectivity index (χ2v) is 5.61. The average Bonchev–Trinajstić information content (AvgIpc) is 2.25. The predicted molar refractivity (Wildman–Crippen MR) is 68.1 cm³/mol. The third kappa shape index (κ3) is 2.66. The average molecular weight is 308 g/mol. The van der Waals surface area contributed by atoms with Crippen molar-refractivity contribution in [2.24, 2.45) is 0 Å². The van der Waals surface area contributed by atoms with Gasteiger partial charge >= 0.3 is 6.18 Å². The summed E-state index contributed by atoms with van der Waals surface area (Å²) in [6, 6.07) is 0.978. The molecule has 2 rings (SSSR count). The van der Waals surface area contributed by atoms with Gasteiger partial charge in [0, 0.05) is 6.07 Å². The van der Waals surface area contributed by atoms with E-state index in [2.05, 4.69) is 5.32 Å². The summed E-state index contributed by atoms with van der Waals surface area (Å²) in [5, 5.41) is 13.7. The van der Waals surface area contributed by atoms with Crippen LogP contribution in [0.15, 0.2) is 17.0 Å². The molecule has 1 N–H and O–H groups in total.